The van der Waals surface area contributed by atoms with Gasteiger partial charge in [-0.25, -0.2) is 0 Å². The molecule has 1 aromatic rings. The third-order valence-corrected chi connectivity index (χ3v) is 4.99. The second-order valence-electron chi connectivity index (χ2n) is 2.96. The normalized spacial score (nSPS) is 14.1. The Morgan fingerprint density at radius 3 is 1.47 bits per heavy atom. The molecule has 0 nitrogen and oxygen atoms in total. The summed E-state index contributed by atoms with van der Waals surface area (Å²) in [5.74, 6) is 0. The average Bonchev–Trinajstić information content (AvgIpc) is 2.15. The zero-order valence-corrected chi connectivity index (χ0v) is 10.1. The summed E-state index contributed by atoms with van der Waals surface area (Å²) in [6.07, 6.45) is -11.9. The number of hydrogen-bond donors (Lipinski definition) is 0. The quantitative estimate of drug-likeness (QED) is 0.408. The molecule has 0 radical (unpaired) electrons. The third kappa shape index (κ3) is 3.02. The van der Waals surface area contributed by atoms with Crippen LogP contribution in [0.15, 0.2) is 30.3 Å². The van der Waals surface area contributed by atoms with Crippen molar-refractivity contribution in [1.29, 1.82) is 0 Å². The SMILES string of the molecule is FC(F)(F)C(F)([I-]c1ccccc1)C(F)(F)F. The van der Waals surface area contributed by atoms with Gasteiger partial charge in [-0.2, -0.15) is 0 Å². The molecule has 0 bridgehead atoms. The summed E-state index contributed by atoms with van der Waals surface area (Å²) in [6.45, 7) is 0. The summed E-state index contributed by atoms with van der Waals surface area (Å²) in [4.78, 5) is 0. The van der Waals surface area contributed by atoms with Crippen molar-refractivity contribution in [3.8, 4) is 0 Å². The van der Waals surface area contributed by atoms with Gasteiger partial charge in [0.05, 0.1) is 0 Å². The van der Waals surface area contributed by atoms with Crippen molar-refractivity contribution in [1.82, 2.24) is 0 Å². The van der Waals surface area contributed by atoms with Crippen LogP contribution in [0.2, 0.25) is 0 Å². The number of halogens is 8. The first-order valence-electron chi connectivity index (χ1n) is 4.11. The van der Waals surface area contributed by atoms with E-state index in [1.807, 2.05) is 0 Å². The molecule has 0 heterocycles. The van der Waals surface area contributed by atoms with Crippen LogP contribution in [-0.4, -0.2) is 16.0 Å². The van der Waals surface area contributed by atoms with Crippen LogP contribution in [0, 0.1) is 3.57 Å². The monoisotopic (exact) mass is 373 g/mol. The Bertz CT molecular complexity index is 353. The van der Waals surface area contributed by atoms with E-state index in [0.29, 0.717) is 0 Å². The first-order valence-corrected chi connectivity index (χ1v) is 6.27. The van der Waals surface area contributed by atoms with E-state index in [0.717, 1.165) is 12.1 Å². The van der Waals surface area contributed by atoms with Gasteiger partial charge < -0.3 is 0 Å². The van der Waals surface area contributed by atoms with E-state index >= 15 is 0 Å². The van der Waals surface area contributed by atoms with Gasteiger partial charge >= 0.3 is 102 Å². The minimum atomic E-state index is -5.95. The van der Waals surface area contributed by atoms with Crippen molar-refractivity contribution < 1.29 is 51.9 Å². The topological polar surface area (TPSA) is 0 Å². The van der Waals surface area contributed by atoms with Crippen LogP contribution < -0.4 is 21.2 Å². The van der Waals surface area contributed by atoms with E-state index in [9.17, 15) is 30.7 Å². The van der Waals surface area contributed by atoms with E-state index < -0.39 is 37.2 Å². The van der Waals surface area contributed by atoms with Crippen LogP contribution >= 0.6 is 0 Å². The maximum absolute atomic E-state index is 13.3. The number of rotatable bonds is 2. The molecule has 0 aliphatic heterocycles. The molecule has 98 valence electrons. The summed E-state index contributed by atoms with van der Waals surface area (Å²) in [6, 6.07) is 6.07. The summed E-state index contributed by atoms with van der Waals surface area (Å²) < 4.78 is 81.2. The van der Waals surface area contributed by atoms with Gasteiger partial charge in [0.2, 0.25) is 0 Å². The van der Waals surface area contributed by atoms with Gasteiger partial charge in [0.25, 0.3) is 0 Å². The molecule has 0 unspecified atom stereocenters. The van der Waals surface area contributed by atoms with Crippen molar-refractivity contribution in [2.24, 2.45) is 0 Å². The fourth-order valence-electron chi connectivity index (χ4n) is 0.896. The fraction of sp³-hybridized carbons (Fsp3) is 0.333. The van der Waals surface area contributed by atoms with Crippen LogP contribution in [0.5, 0.6) is 0 Å². The van der Waals surface area contributed by atoms with Gasteiger partial charge in [-0.05, 0) is 0 Å². The second kappa shape index (κ2) is 4.62. The van der Waals surface area contributed by atoms with Crippen molar-refractivity contribution >= 4 is 0 Å². The molecule has 0 N–H and O–H groups in total. The predicted octanol–water partition coefficient (Wildman–Crippen LogP) is 0.736. The first kappa shape index (κ1) is 14.5. The summed E-state index contributed by atoms with van der Waals surface area (Å²) >= 11 is -2.92. The molecule has 0 aliphatic rings. The number of benzene rings is 1. The van der Waals surface area contributed by atoms with E-state index in [1.165, 1.54) is 18.2 Å². The Morgan fingerprint density at radius 1 is 0.706 bits per heavy atom. The second-order valence-corrected chi connectivity index (χ2v) is 6.23. The molecule has 0 saturated heterocycles. The standard InChI is InChI=1S/C9H5F7I/c10-7(8(11,12)13,9(14,15)16)17-6-4-2-1-3-5-6/h1-5H/q-1. The zero-order valence-electron chi connectivity index (χ0n) is 7.91. The molecular weight excluding hydrogens is 368 g/mol. The van der Waals surface area contributed by atoms with Crippen molar-refractivity contribution in [2.45, 2.75) is 16.0 Å². The summed E-state index contributed by atoms with van der Waals surface area (Å²) in [5.41, 5.74) is 0. The van der Waals surface area contributed by atoms with Gasteiger partial charge in [-0.3, -0.25) is 0 Å². The maximum atomic E-state index is 13.3. The molecule has 1 rings (SSSR count). The van der Waals surface area contributed by atoms with Gasteiger partial charge in [-0.1, -0.05) is 0 Å². The van der Waals surface area contributed by atoms with Gasteiger partial charge in [-0.15, -0.1) is 0 Å². The van der Waals surface area contributed by atoms with Crippen LogP contribution in [0.3, 0.4) is 0 Å². The molecule has 0 spiro atoms. The molecule has 0 saturated carbocycles. The van der Waals surface area contributed by atoms with E-state index in [2.05, 4.69) is 0 Å². The fourth-order valence-corrected chi connectivity index (χ4v) is 3.14. The molecule has 0 aliphatic carbocycles. The Labute approximate surface area is 102 Å². The van der Waals surface area contributed by atoms with Crippen molar-refractivity contribution in [2.75, 3.05) is 0 Å². The molecular formula is C9H5F7I-. The predicted molar refractivity (Wildman–Crippen MR) is 41.1 cm³/mol. The Balaban J connectivity index is 3.11. The number of alkyl halides is 8. The van der Waals surface area contributed by atoms with Crippen molar-refractivity contribution in [3.63, 3.8) is 0 Å². The molecule has 0 aromatic heterocycles. The van der Waals surface area contributed by atoms with Crippen LogP contribution in [-0.2, 0) is 0 Å². The van der Waals surface area contributed by atoms with E-state index in [4.69, 9.17) is 0 Å². The minimum absolute atomic E-state index is 0.261. The molecule has 8 heteroatoms. The number of hydrogen-bond acceptors (Lipinski definition) is 0. The van der Waals surface area contributed by atoms with Crippen LogP contribution in [0.25, 0.3) is 0 Å². The van der Waals surface area contributed by atoms with Gasteiger partial charge in [0.15, 0.2) is 0 Å². The summed E-state index contributed by atoms with van der Waals surface area (Å²) in [7, 11) is 0. The van der Waals surface area contributed by atoms with Crippen LogP contribution in [0.1, 0.15) is 0 Å². The zero-order chi connectivity index (χ0) is 13.3. The van der Waals surface area contributed by atoms with Gasteiger partial charge in [0.1, 0.15) is 0 Å². The van der Waals surface area contributed by atoms with E-state index in [1.54, 1.807) is 0 Å². The molecule has 0 fully saturated rings. The Morgan fingerprint density at radius 2 is 1.12 bits per heavy atom. The molecule has 0 atom stereocenters. The van der Waals surface area contributed by atoms with E-state index in [-0.39, 0.29) is 3.57 Å². The third-order valence-electron chi connectivity index (χ3n) is 1.68. The first-order chi connectivity index (χ1) is 7.58. The van der Waals surface area contributed by atoms with Crippen molar-refractivity contribution in [3.05, 3.63) is 33.9 Å². The molecule has 0 amide bonds. The van der Waals surface area contributed by atoms with Gasteiger partial charge in [0, 0.05) is 0 Å². The summed E-state index contributed by atoms with van der Waals surface area (Å²) in [5, 5.41) is 0. The molecule has 1 aromatic carbocycles. The average molecular weight is 373 g/mol. The molecule has 17 heavy (non-hydrogen) atoms. The Kier molecular flexibility index (Phi) is 3.94. The Hall–Kier alpha value is -0.540. The van der Waals surface area contributed by atoms with Crippen LogP contribution in [0.4, 0.5) is 30.7 Å².